The molecular weight excluding hydrogens is 224 g/mol. The Bertz CT molecular complexity index is 494. The summed E-state index contributed by atoms with van der Waals surface area (Å²) in [6.07, 6.45) is 1.76. The van der Waals surface area contributed by atoms with Crippen molar-refractivity contribution in [3.63, 3.8) is 0 Å². The molecule has 0 unspecified atom stereocenters. The van der Waals surface area contributed by atoms with Crippen molar-refractivity contribution in [3.05, 3.63) is 35.5 Å². The van der Waals surface area contributed by atoms with Crippen molar-refractivity contribution in [2.24, 2.45) is 7.05 Å². The zero-order chi connectivity index (χ0) is 11.5. The van der Waals surface area contributed by atoms with Gasteiger partial charge in [0.1, 0.15) is 5.75 Å². The fraction of sp³-hybridized carbons (Fsp3) is 0.250. The Labute approximate surface area is 99.6 Å². The fourth-order valence-corrected chi connectivity index (χ4v) is 1.82. The Morgan fingerprint density at radius 3 is 2.75 bits per heavy atom. The maximum Gasteiger partial charge on any atom is 0.137 e. The summed E-state index contributed by atoms with van der Waals surface area (Å²) in [4.78, 5) is 0. The summed E-state index contributed by atoms with van der Waals surface area (Å²) in [5.41, 5.74) is 2.07. The van der Waals surface area contributed by atoms with E-state index in [0.29, 0.717) is 11.6 Å². The normalized spacial score (nSPS) is 10.4. The summed E-state index contributed by atoms with van der Waals surface area (Å²) in [7, 11) is 1.90. The molecule has 0 atom stereocenters. The second-order valence-corrected chi connectivity index (χ2v) is 3.83. The molecule has 0 spiro atoms. The smallest absolute Gasteiger partial charge is 0.137 e. The number of aryl methyl sites for hydroxylation is 1. The summed E-state index contributed by atoms with van der Waals surface area (Å²) >= 11 is 6.12. The molecule has 0 saturated heterocycles. The van der Waals surface area contributed by atoms with E-state index >= 15 is 0 Å². The molecule has 1 aromatic heterocycles. The molecule has 0 amide bonds. The number of rotatable bonds is 3. The van der Waals surface area contributed by atoms with E-state index in [2.05, 4.69) is 5.10 Å². The molecule has 0 bridgehead atoms. The van der Waals surface area contributed by atoms with Crippen LogP contribution in [0.1, 0.15) is 6.92 Å². The number of benzene rings is 1. The molecule has 0 aliphatic rings. The van der Waals surface area contributed by atoms with E-state index < -0.39 is 0 Å². The maximum absolute atomic E-state index is 6.12. The van der Waals surface area contributed by atoms with Crippen molar-refractivity contribution in [1.29, 1.82) is 0 Å². The number of hydrogen-bond acceptors (Lipinski definition) is 2. The third-order valence-electron chi connectivity index (χ3n) is 2.35. The minimum absolute atomic E-state index is 0.616. The third-order valence-corrected chi connectivity index (χ3v) is 2.64. The van der Waals surface area contributed by atoms with Gasteiger partial charge in [0.25, 0.3) is 0 Å². The van der Waals surface area contributed by atoms with Crippen molar-refractivity contribution in [2.45, 2.75) is 6.92 Å². The van der Waals surface area contributed by atoms with Crippen LogP contribution in [0.4, 0.5) is 0 Å². The molecule has 3 nitrogen and oxygen atoms in total. The molecule has 2 aromatic rings. The first kappa shape index (κ1) is 11.0. The van der Waals surface area contributed by atoms with Gasteiger partial charge in [-0.2, -0.15) is 5.10 Å². The van der Waals surface area contributed by atoms with Crippen LogP contribution in [0.5, 0.6) is 5.75 Å². The predicted molar refractivity (Wildman–Crippen MR) is 64.8 cm³/mol. The molecule has 0 radical (unpaired) electrons. The van der Waals surface area contributed by atoms with Gasteiger partial charge in [0.05, 0.1) is 17.3 Å². The standard InChI is InChI=1S/C12H13ClN2O/c1-3-16-12-5-4-9(8-10(12)13)11-6-7-14-15(11)2/h4-8H,3H2,1-2H3. The van der Waals surface area contributed by atoms with E-state index in [1.54, 1.807) is 6.20 Å². The molecule has 0 saturated carbocycles. The van der Waals surface area contributed by atoms with E-state index in [1.165, 1.54) is 0 Å². The lowest BCUT2D eigenvalue weighted by Crippen LogP contribution is -1.95. The quantitative estimate of drug-likeness (QED) is 0.819. The summed E-state index contributed by atoms with van der Waals surface area (Å²) in [5.74, 6) is 0.718. The lowest BCUT2D eigenvalue weighted by atomic mass is 10.1. The van der Waals surface area contributed by atoms with Crippen LogP contribution >= 0.6 is 11.6 Å². The van der Waals surface area contributed by atoms with Gasteiger partial charge >= 0.3 is 0 Å². The summed E-state index contributed by atoms with van der Waals surface area (Å²) in [6, 6.07) is 7.71. The summed E-state index contributed by atoms with van der Waals surface area (Å²) < 4.78 is 7.20. The van der Waals surface area contributed by atoms with E-state index in [0.717, 1.165) is 17.0 Å². The predicted octanol–water partition coefficient (Wildman–Crippen LogP) is 3.14. The first-order chi connectivity index (χ1) is 7.72. The van der Waals surface area contributed by atoms with E-state index in [4.69, 9.17) is 16.3 Å². The fourth-order valence-electron chi connectivity index (χ4n) is 1.59. The topological polar surface area (TPSA) is 27.1 Å². The van der Waals surface area contributed by atoms with Crippen molar-refractivity contribution in [1.82, 2.24) is 9.78 Å². The second kappa shape index (κ2) is 4.58. The van der Waals surface area contributed by atoms with E-state index in [-0.39, 0.29) is 0 Å². The first-order valence-electron chi connectivity index (χ1n) is 5.13. The van der Waals surface area contributed by atoms with Crippen LogP contribution in [0.25, 0.3) is 11.3 Å². The summed E-state index contributed by atoms with van der Waals surface area (Å²) in [5, 5.41) is 4.75. The maximum atomic E-state index is 6.12. The van der Waals surface area contributed by atoms with Crippen molar-refractivity contribution >= 4 is 11.6 Å². The first-order valence-corrected chi connectivity index (χ1v) is 5.51. The molecule has 0 aliphatic heterocycles. The molecule has 0 N–H and O–H groups in total. The van der Waals surface area contributed by atoms with Gasteiger partial charge in [-0.3, -0.25) is 4.68 Å². The zero-order valence-electron chi connectivity index (χ0n) is 9.27. The van der Waals surface area contributed by atoms with Gasteiger partial charge in [-0.1, -0.05) is 11.6 Å². The highest BCUT2D eigenvalue weighted by molar-refractivity contribution is 6.32. The largest absolute Gasteiger partial charge is 0.492 e. The molecule has 1 aromatic carbocycles. The molecule has 4 heteroatoms. The number of nitrogens with zero attached hydrogens (tertiary/aromatic N) is 2. The highest BCUT2D eigenvalue weighted by Crippen LogP contribution is 2.29. The Morgan fingerprint density at radius 2 is 2.19 bits per heavy atom. The van der Waals surface area contributed by atoms with Crippen LogP contribution < -0.4 is 4.74 Å². The van der Waals surface area contributed by atoms with Crippen molar-refractivity contribution in [2.75, 3.05) is 6.61 Å². The minimum Gasteiger partial charge on any atom is -0.492 e. The molecule has 2 rings (SSSR count). The van der Waals surface area contributed by atoms with Crippen LogP contribution in [-0.2, 0) is 7.05 Å². The van der Waals surface area contributed by atoms with Gasteiger partial charge in [-0.25, -0.2) is 0 Å². The van der Waals surface area contributed by atoms with Crippen LogP contribution in [-0.4, -0.2) is 16.4 Å². The Balaban J connectivity index is 2.38. The second-order valence-electron chi connectivity index (χ2n) is 3.42. The van der Waals surface area contributed by atoms with Gasteiger partial charge in [0.15, 0.2) is 0 Å². The monoisotopic (exact) mass is 236 g/mol. The van der Waals surface area contributed by atoms with Crippen molar-refractivity contribution in [3.8, 4) is 17.0 Å². The molecule has 84 valence electrons. The lowest BCUT2D eigenvalue weighted by molar-refractivity contribution is 0.340. The highest BCUT2D eigenvalue weighted by atomic mass is 35.5. The highest BCUT2D eigenvalue weighted by Gasteiger charge is 2.06. The number of ether oxygens (including phenoxy) is 1. The van der Waals surface area contributed by atoms with E-state index in [1.807, 2.05) is 42.9 Å². The third kappa shape index (κ3) is 2.04. The van der Waals surface area contributed by atoms with Crippen LogP contribution in [0, 0.1) is 0 Å². The number of halogens is 1. The zero-order valence-corrected chi connectivity index (χ0v) is 10.0. The average Bonchev–Trinajstić information content (AvgIpc) is 2.68. The molecule has 16 heavy (non-hydrogen) atoms. The SMILES string of the molecule is CCOc1ccc(-c2ccnn2C)cc1Cl. The van der Waals surface area contributed by atoms with Crippen molar-refractivity contribution < 1.29 is 4.74 Å². The molecular formula is C12H13ClN2O. The van der Waals surface area contributed by atoms with E-state index in [9.17, 15) is 0 Å². The van der Waals surface area contributed by atoms with Gasteiger partial charge in [0.2, 0.25) is 0 Å². The van der Waals surface area contributed by atoms with Gasteiger partial charge < -0.3 is 4.74 Å². The Kier molecular flexibility index (Phi) is 3.15. The number of hydrogen-bond donors (Lipinski definition) is 0. The van der Waals surface area contributed by atoms with Gasteiger partial charge in [-0.15, -0.1) is 0 Å². The van der Waals surface area contributed by atoms with Crippen LogP contribution in [0.15, 0.2) is 30.5 Å². The van der Waals surface area contributed by atoms with Gasteiger partial charge in [-0.05, 0) is 31.2 Å². The summed E-state index contributed by atoms with van der Waals surface area (Å²) in [6.45, 7) is 2.55. The molecule has 0 aliphatic carbocycles. The van der Waals surface area contributed by atoms with Gasteiger partial charge in [0, 0.05) is 18.8 Å². The average molecular weight is 237 g/mol. The molecule has 0 fully saturated rings. The Morgan fingerprint density at radius 1 is 1.38 bits per heavy atom. The molecule has 1 heterocycles. The Hall–Kier alpha value is -1.48. The minimum atomic E-state index is 0.616. The van der Waals surface area contributed by atoms with Crippen LogP contribution in [0.2, 0.25) is 5.02 Å². The van der Waals surface area contributed by atoms with Crippen LogP contribution in [0.3, 0.4) is 0 Å². The number of aromatic nitrogens is 2. The lowest BCUT2D eigenvalue weighted by Gasteiger charge is -2.07.